The van der Waals surface area contributed by atoms with Crippen LogP contribution in [0.1, 0.15) is 27.6 Å². The van der Waals surface area contributed by atoms with Crippen molar-refractivity contribution in [3.05, 3.63) is 52.0 Å². The van der Waals surface area contributed by atoms with Crippen LogP contribution < -0.4 is 5.73 Å². The van der Waals surface area contributed by atoms with E-state index in [1.807, 2.05) is 30.3 Å². The first-order valence-corrected chi connectivity index (χ1v) is 6.61. The van der Waals surface area contributed by atoms with Crippen molar-refractivity contribution in [2.45, 2.75) is 18.3 Å². The van der Waals surface area contributed by atoms with E-state index in [4.69, 9.17) is 10.5 Å². The molecular weight excluding hydrogens is 289 g/mol. The average molecular weight is 302 g/mol. The average Bonchev–Trinajstić information content (AvgIpc) is 2.90. The van der Waals surface area contributed by atoms with Crippen molar-refractivity contribution >= 4 is 11.3 Å². The predicted octanol–water partition coefficient (Wildman–Crippen LogP) is 3.55. The van der Waals surface area contributed by atoms with Crippen LogP contribution in [0.15, 0.2) is 36.5 Å². The van der Waals surface area contributed by atoms with Gasteiger partial charge >= 0.3 is 6.18 Å². The van der Waals surface area contributed by atoms with Crippen molar-refractivity contribution in [1.29, 1.82) is 0 Å². The number of alkyl halides is 3. The molecule has 7 heteroatoms. The van der Waals surface area contributed by atoms with Crippen molar-refractivity contribution in [3.8, 4) is 0 Å². The summed E-state index contributed by atoms with van der Waals surface area (Å²) in [4.78, 5) is 3.72. The molecule has 2 aromatic rings. The summed E-state index contributed by atoms with van der Waals surface area (Å²) in [6.07, 6.45) is -3.80. The number of hydrogen-bond donors (Lipinski definition) is 1. The lowest BCUT2D eigenvalue weighted by atomic mass is 10.0. The maximum absolute atomic E-state index is 12.5. The Kier molecular flexibility index (Phi) is 4.42. The van der Waals surface area contributed by atoms with Gasteiger partial charge in [0.25, 0.3) is 0 Å². The summed E-state index contributed by atoms with van der Waals surface area (Å²) in [5.41, 5.74) is 6.83. The van der Waals surface area contributed by atoms with Crippen molar-refractivity contribution < 1.29 is 17.9 Å². The van der Waals surface area contributed by atoms with Crippen LogP contribution in [0.5, 0.6) is 0 Å². The molecule has 2 atom stereocenters. The van der Waals surface area contributed by atoms with Crippen LogP contribution in [-0.2, 0) is 10.9 Å². The van der Waals surface area contributed by atoms with Crippen molar-refractivity contribution in [3.63, 3.8) is 0 Å². The minimum absolute atomic E-state index is 0.341. The van der Waals surface area contributed by atoms with Gasteiger partial charge in [0.2, 0.25) is 0 Å². The Bertz CT molecular complexity index is 556. The molecule has 0 spiro atoms. The summed E-state index contributed by atoms with van der Waals surface area (Å²) in [6, 6.07) is 8.43. The predicted molar refractivity (Wildman–Crippen MR) is 70.2 cm³/mol. The Morgan fingerprint density at radius 1 is 1.25 bits per heavy atom. The van der Waals surface area contributed by atoms with Crippen LogP contribution in [0.4, 0.5) is 13.2 Å². The van der Waals surface area contributed by atoms with Crippen LogP contribution in [0.25, 0.3) is 0 Å². The molecule has 0 aliphatic rings. The molecule has 0 radical (unpaired) electrons. The van der Waals surface area contributed by atoms with E-state index in [-0.39, 0.29) is 0 Å². The van der Waals surface area contributed by atoms with Crippen LogP contribution in [0.3, 0.4) is 0 Å². The van der Waals surface area contributed by atoms with Crippen molar-refractivity contribution in [2.75, 3.05) is 7.11 Å². The smallest absolute Gasteiger partial charge is 0.375 e. The third kappa shape index (κ3) is 3.17. The van der Waals surface area contributed by atoms with Crippen LogP contribution in [0.2, 0.25) is 0 Å². The third-order valence-electron chi connectivity index (χ3n) is 2.80. The molecule has 0 aliphatic carbocycles. The molecule has 2 unspecified atom stereocenters. The highest BCUT2D eigenvalue weighted by molar-refractivity contribution is 7.11. The minimum atomic E-state index is -4.45. The maximum Gasteiger partial charge on any atom is 0.443 e. The minimum Gasteiger partial charge on any atom is -0.375 e. The lowest BCUT2D eigenvalue weighted by Crippen LogP contribution is -2.20. The normalized spacial score (nSPS) is 15.1. The van der Waals surface area contributed by atoms with Gasteiger partial charge in [-0.3, -0.25) is 0 Å². The van der Waals surface area contributed by atoms with Gasteiger partial charge in [0.15, 0.2) is 5.01 Å². The molecule has 0 fully saturated rings. The van der Waals surface area contributed by atoms with Crippen LogP contribution >= 0.6 is 11.3 Å². The molecule has 0 saturated carbocycles. The second-order valence-electron chi connectivity index (χ2n) is 4.16. The Balaban J connectivity index is 2.25. The number of methoxy groups -OCH3 is 1. The lowest BCUT2D eigenvalue weighted by Gasteiger charge is -2.21. The summed E-state index contributed by atoms with van der Waals surface area (Å²) in [7, 11) is 1.48. The summed E-state index contributed by atoms with van der Waals surface area (Å²) < 4.78 is 43.0. The number of halogens is 3. The van der Waals surface area contributed by atoms with Gasteiger partial charge in [-0.1, -0.05) is 30.3 Å². The largest absolute Gasteiger partial charge is 0.443 e. The van der Waals surface area contributed by atoms with E-state index in [0.29, 0.717) is 16.2 Å². The number of aromatic nitrogens is 1. The number of nitrogens with two attached hydrogens (primary N) is 1. The standard InChI is InChI=1S/C13H13F3N2OS/c1-19-11(8-5-3-2-4-6-8)10(17)9-7-18-12(20-9)13(14,15)16/h2-7,10-11H,17H2,1H3. The molecule has 20 heavy (non-hydrogen) atoms. The van der Waals surface area contributed by atoms with E-state index in [1.165, 1.54) is 7.11 Å². The fourth-order valence-corrected chi connectivity index (χ4v) is 2.66. The van der Waals surface area contributed by atoms with E-state index in [0.717, 1.165) is 11.8 Å². The first-order chi connectivity index (χ1) is 9.43. The molecule has 0 aliphatic heterocycles. The maximum atomic E-state index is 12.5. The highest BCUT2D eigenvalue weighted by atomic mass is 32.1. The number of thiazole rings is 1. The monoisotopic (exact) mass is 302 g/mol. The zero-order chi connectivity index (χ0) is 14.8. The van der Waals surface area contributed by atoms with Gasteiger partial charge < -0.3 is 10.5 Å². The van der Waals surface area contributed by atoms with Crippen molar-refractivity contribution in [2.24, 2.45) is 5.73 Å². The van der Waals surface area contributed by atoms with Gasteiger partial charge in [0, 0.05) is 18.2 Å². The number of hydrogen-bond acceptors (Lipinski definition) is 4. The Hall–Kier alpha value is -1.44. The fraction of sp³-hybridized carbons (Fsp3) is 0.308. The Labute approximate surface area is 118 Å². The number of rotatable bonds is 4. The second-order valence-corrected chi connectivity index (χ2v) is 5.22. The molecule has 0 saturated heterocycles. The van der Waals surface area contributed by atoms with Gasteiger partial charge in [-0.15, -0.1) is 11.3 Å². The summed E-state index contributed by atoms with van der Waals surface area (Å²) in [5.74, 6) is 0. The molecule has 2 N–H and O–H groups in total. The third-order valence-corrected chi connectivity index (χ3v) is 3.95. The highest BCUT2D eigenvalue weighted by Crippen LogP contribution is 2.37. The van der Waals surface area contributed by atoms with E-state index in [1.54, 1.807) is 0 Å². The number of nitrogens with zero attached hydrogens (tertiary/aromatic N) is 1. The molecule has 108 valence electrons. The second kappa shape index (κ2) is 5.90. The molecule has 0 amide bonds. The van der Waals surface area contributed by atoms with Gasteiger partial charge in [0.1, 0.15) is 6.10 Å². The fourth-order valence-electron chi connectivity index (χ4n) is 1.85. The SMILES string of the molecule is COC(c1ccccc1)C(N)c1cnc(C(F)(F)F)s1. The van der Waals surface area contributed by atoms with Crippen molar-refractivity contribution in [1.82, 2.24) is 4.98 Å². The highest BCUT2D eigenvalue weighted by Gasteiger charge is 2.35. The first kappa shape index (κ1) is 15.0. The van der Waals surface area contributed by atoms with E-state index < -0.39 is 23.3 Å². The number of ether oxygens (including phenoxy) is 1. The van der Waals surface area contributed by atoms with Crippen LogP contribution in [-0.4, -0.2) is 12.1 Å². The molecule has 2 rings (SSSR count). The number of benzene rings is 1. The van der Waals surface area contributed by atoms with Gasteiger partial charge in [-0.2, -0.15) is 13.2 Å². The van der Waals surface area contributed by atoms with Gasteiger partial charge in [-0.25, -0.2) is 4.98 Å². The van der Waals surface area contributed by atoms with Crippen LogP contribution in [0, 0.1) is 0 Å². The van der Waals surface area contributed by atoms with E-state index in [2.05, 4.69) is 4.98 Å². The van der Waals surface area contributed by atoms with E-state index >= 15 is 0 Å². The quantitative estimate of drug-likeness (QED) is 0.939. The molecule has 1 aromatic carbocycles. The molecule has 0 bridgehead atoms. The molecule has 3 nitrogen and oxygen atoms in total. The zero-order valence-electron chi connectivity index (χ0n) is 10.6. The van der Waals surface area contributed by atoms with Gasteiger partial charge in [0.05, 0.1) is 6.04 Å². The van der Waals surface area contributed by atoms with Gasteiger partial charge in [-0.05, 0) is 5.56 Å². The topological polar surface area (TPSA) is 48.1 Å². The first-order valence-electron chi connectivity index (χ1n) is 5.79. The zero-order valence-corrected chi connectivity index (χ0v) is 11.4. The Morgan fingerprint density at radius 2 is 1.90 bits per heavy atom. The summed E-state index contributed by atoms with van der Waals surface area (Å²) in [5, 5.41) is -0.897. The summed E-state index contributed by atoms with van der Waals surface area (Å²) >= 11 is 0.545. The molecule has 1 heterocycles. The molecular formula is C13H13F3N2OS. The molecule has 1 aromatic heterocycles. The summed E-state index contributed by atoms with van der Waals surface area (Å²) in [6.45, 7) is 0. The lowest BCUT2D eigenvalue weighted by molar-refractivity contribution is -0.137. The van der Waals surface area contributed by atoms with E-state index in [9.17, 15) is 13.2 Å². The Morgan fingerprint density at radius 3 is 2.40 bits per heavy atom.